The van der Waals surface area contributed by atoms with Crippen LogP contribution in [0.1, 0.15) is 64.2 Å². The number of rotatable bonds is 8. The number of carbonyl (C=O) groups is 4. The van der Waals surface area contributed by atoms with Gasteiger partial charge in [0.2, 0.25) is 5.91 Å². The molecule has 0 spiro atoms. The Morgan fingerprint density at radius 2 is 1.76 bits per heavy atom. The topological polar surface area (TPSA) is 159 Å². The maximum atomic E-state index is 12.8. The number of aryl methyl sites for hydroxylation is 1. The van der Waals surface area contributed by atoms with E-state index in [1.54, 1.807) is 58.0 Å². The van der Waals surface area contributed by atoms with Crippen LogP contribution in [0, 0.1) is 0 Å². The van der Waals surface area contributed by atoms with Crippen molar-refractivity contribution >= 4 is 24.1 Å². The fraction of sp³-hybridized carbons (Fsp3) is 0.467. The lowest BCUT2D eigenvalue weighted by Gasteiger charge is -2.38. The van der Waals surface area contributed by atoms with Crippen LogP contribution in [0.5, 0.6) is 11.5 Å². The number of para-hydroxylation sites is 1. The first-order valence-corrected chi connectivity index (χ1v) is 13.8. The van der Waals surface area contributed by atoms with E-state index in [1.807, 2.05) is 12.1 Å². The van der Waals surface area contributed by atoms with Gasteiger partial charge in [-0.25, -0.2) is 14.6 Å². The number of hydrazine groups is 1. The fourth-order valence-electron chi connectivity index (χ4n) is 4.40. The summed E-state index contributed by atoms with van der Waals surface area (Å²) in [7, 11) is 1.19. The zero-order chi connectivity index (χ0) is 31.1. The highest BCUT2D eigenvalue weighted by atomic mass is 16.7. The molecular formula is C30H40N4O8. The van der Waals surface area contributed by atoms with Gasteiger partial charge >= 0.3 is 12.2 Å². The average Bonchev–Trinajstić information content (AvgIpc) is 2.92. The van der Waals surface area contributed by atoms with Gasteiger partial charge < -0.3 is 24.7 Å². The summed E-state index contributed by atoms with van der Waals surface area (Å²) in [6, 6.07) is 11.9. The Hall–Kier alpha value is -4.32. The first-order chi connectivity index (χ1) is 19.8. The molecule has 12 nitrogen and oxygen atoms in total. The molecule has 0 heterocycles. The van der Waals surface area contributed by atoms with Gasteiger partial charge in [0.1, 0.15) is 17.1 Å². The van der Waals surface area contributed by atoms with Crippen LogP contribution in [0.4, 0.5) is 9.59 Å². The Kier molecular flexibility index (Phi) is 10.4. The van der Waals surface area contributed by atoms with E-state index in [1.165, 1.54) is 19.0 Å². The molecule has 12 heteroatoms. The van der Waals surface area contributed by atoms with Gasteiger partial charge in [-0.1, -0.05) is 37.3 Å². The molecule has 1 aliphatic carbocycles. The van der Waals surface area contributed by atoms with Gasteiger partial charge in [0, 0.05) is 30.4 Å². The minimum absolute atomic E-state index is 0.0337. The number of fused-ring (bicyclic) bond motifs is 1. The molecule has 3 rings (SSSR count). The quantitative estimate of drug-likeness (QED) is 0.236. The summed E-state index contributed by atoms with van der Waals surface area (Å²) < 4.78 is 22.2. The number of methoxy groups -OCH3 is 1. The molecule has 0 aromatic heterocycles. The van der Waals surface area contributed by atoms with E-state index in [0.717, 1.165) is 5.56 Å². The molecule has 0 aliphatic heterocycles. The van der Waals surface area contributed by atoms with Crippen molar-refractivity contribution in [3.05, 3.63) is 59.2 Å². The normalized spacial score (nSPS) is 16.7. The Labute approximate surface area is 245 Å². The molecule has 0 radical (unpaired) electrons. The average molecular weight is 585 g/mol. The van der Waals surface area contributed by atoms with E-state index >= 15 is 0 Å². The van der Waals surface area contributed by atoms with Gasteiger partial charge in [-0.3, -0.25) is 20.3 Å². The highest BCUT2D eigenvalue weighted by Crippen LogP contribution is 2.38. The third-order valence-corrected chi connectivity index (χ3v) is 6.45. The molecule has 0 unspecified atom stereocenters. The second-order valence-electron chi connectivity index (χ2n) is 11.1. The summed E-state index contributed by atoms with van der Waals surface area (Å²) in [6.45, 7) is 8.46. The molecule has 0 bridgehead atoms. The number of nitrogens with zero attached hydrogens (tertiary/aromatic N) is 1. The molecule has 3 amide bonds. The number of hydrogen-bond acceptors (Lipinski definition) is 9. The van der Waals surface area contributed by atoms with Crippen molar-refractivity contribution in [2.75, 3.05) is 7.11 Å². The second kappa shape index (κ2) is 13.6. The number of amides is 3. The zero-order valence-corrected chi connectivity index (χ0v) is 24.9. The van der Waals surface area contributed by atoms with E-state index in [9.17, 15) is 19.2 Å². The zero-order valence-electron chi connectivity index (χ0n) is 24.9. The van der Waals surface area contributed by atoms with Crippen LogP contribution >= 0.6 is 0 Å². The molecule has 0 saturated carbocycles. The SMILES string of the molecule is CCC(=O)N(Cc1ccccc1Oc1cccc2c1C[C@](NC(=O)OC(C)(C)C)(OC(=O)OC)CC2)NC(=O)[C@H](C)N. The van der Waals surface area contributed by atoms with Gasteiger partial charge in [0.15, 0.2) is 5.72 Å². The van der Waals surface area contributed by atoms with E-state index in [2.05, 4.69) is 10.7 Å². The van der Waals surface area contributed by atoms with Gasteiger partial charge in [0.05, 0.1) is 19.7 Å². The lowest BCUT2D eigenvalue weighted by Crippen LogP contribution is -2.56. The maximum Gasteiger partial charge on any atom is 0.510 e. The van der Waals surface area contributed by atoms with Crippen molar-refractivity contribution in [3.63, 3.8) is 0 Å². The molecule has 2 atom stereocenters. The summed E-state index contributed by atoms with van der Waals surface area (Å²) in [4.78, 5) is 49.9. The summed E-state index contributed by atoms with van der Waals surface area (Å²) in [6.07, 6.45) is -0.701. The first kappa shape index (κ1) is 32.2. The van der Waals surface area contributed by atoms with Crippen LogP contribution in [-0.2, 0) is 43.2 Å². The Balaban J connectivity index is 1.94. The Morgan fingerprint density at radius 3 is 2.40 bits per heavy atom. The molecule has 1 aliphatic rings. The predicted octanol–water partition coefficient (Wildman–Crippen LogP) is 4.09. The van der Waals surface area contributed by atoms with Crippen molar-refractivity contribution in [2.45, 2.75) is 84.2 Å². The van der Waals surface area contributed by atoms with Gasteiger partial charge in [0.25, 0.3) is 5.91 Å². The number of nitrogens with one attached hydrogen (secondary N) is 2. The van der Waals surface area contributed by atoms with E-state index in [4.69, 9.17) is 24.7 Å². The number of nitrogens with two attached hydrogens (primary N) is 1. The molecule has 42 heavy (non-hydrogen) atoms. The van der Waals surface area contributed by atoms with Crippen LogP contribution < -0.4 is 21.2 Å². The molecule has 0 saturated heterocycles. The van der Waals surface area contributed by atoms with Crippen LogP contribution in [0.3, 0.4) is 0 Å². The van der Waals surface area contributed by atoms with Crippen LogP contribution in [-0.4, -0.2) is 53.5 Å². The molecule has 2 aromatic rings. The second-order valence-corrected chi connectivity index (χ2v) is 11.1. The summed E-state index contributed by atoms with van der Waals surface area (Å²) in [5.41, 5.74) is 8.34. The lowest BCUT2D eigenvalue weighted by molar-refractivity contribution is -0.142. The van der Waals surface area contributed by atoms with Crippen molar-refractivity contribution in [2.24, 2.45) is 5.73 Å². The number of benzene rings is 2. The van der Waals surface area contributed by atoms with E-state index in [-0.39, 0.29) is 31.7 Å². The van der Waals surface area contributed by atoms with E-state index in [0.29, 0.717) is 29.0 Å². The minimum atomic E-state index is -1.45. The summed E-state index contributed by atoms with van der Waals surface area (Å²) in [5.74, 6) is 0.122. The lowest BCUT2D eigenvalue weighted by atomic mass is 9.85. The summed E-state index contributed by atoms with van der Waals surface area (Å²) in [5, 5.41) is 3.95. The third kappa shape index (κ3) is 8.59. The molecular weight excluding hydrogens is 544 g/mol. The monoisotopic (exact) mass is 584 g/mol. The Bertz CT molecular complexity index is 1310. The standard InChI is InChI=1S/C30H40N4O8/c1-7-25(35)34(33-26(36)19(2)31)18-21-11-8-9-13-23(21)40-24-14-10-12-20-15-16-30(17-22(20)24,42-28(38)39-6)32-27(37)41-29(3,4)5/h8-14,19H,7,15-18,31H2,1-6H3,(H,32,37)(H,33,36)/t19-,30+/m0/s1. The first-order valence-electron chi connectivity index (χ1n) is 13.8. The van der Waals surface area contributed by atoms with E-state index < -0.39 is 35.5 Å². The van der Waals surface area contributed by atoms with Crippen molar-refractivity contribution < 1.29 is 38.1 Å². The minimum Gasteiger partial charge on any atom is -0.457 e. The van der Waals surface area contributed by atoms with Gasteiger partial charge in [-0.15, -0.1) is 0 Å². The molecule has 0 fully saturated rings. The van der Waals surface area contributed by atoms with Crippen LogP contribution in [0.2, 0.25) is 0 Å². The van der Waals surface area contributed by atoms with Crippen molar-refractivity contribution in [3.8, 4) is 11.5 Å². The number of hydrogen-bond donors (Lipinski definition) is 3. The summed E-state index contributed by atoms with van der Waals surface area (Å²) >= 11 is 0. The van der Waals surface area contributed by atoms with Gasteiger partial charge in [-0.05, 0) is 51.8 Å². The maximum absolute atomic E-state index is 12.8. The number of alkyl carbamates (subject to hydrolysis) is 1. The molecule has 4 N–H and O–H groups in total. The fourth-order valence-corrected chi connectivity index (χ4v) is 4.40. The Morgan fingerprint density at radius 1 is 1.07 bits per heavy atom. The molecule has 2 aromatic carbocycles. The number of carbonyl (C=O) groups excluding carboxylic acids is 4. The highest BCUT2D eigenvalue weighted by molar-refractivity contribution is 5.84. The third-order valence-electron chi connectivity index (χ3n) is 6.45. The smallest absolute Gasteiger partial charge is 0.457 e. The number of ether oxygens (including phenoxy) is 4. The predicted molar refractivity (Wildman–Crippen MR) is 153 cm³/mol. The van der Waals surface area contributed by atoms with Gasteiger partial charge in [-0.2, -0.15) is 0 Å². The molecule has 228 valence electrons. The van der Waals surface area contributed by atoms with Crippen LogP contribution in [0.15, 0.2) is 42.5 Å². The van der Waals surface area contributed by atoms with Crippen molar-refractivity contribution in [1.29, 1.82) is 0 Å². The highest BCUT2D eigenvalue weighted by Gasteiger charge is 2.42. The largest absolute Gasteiger partial charge is 0.510 e. The van der Waals surface area contributed by atoms with Crippen molar-refractivity contribution in [1.82, 2.24) is 15.8 Å². The van der Waals surface area contributed by atoms with Crippen LogP contribution in [0.25, 0.3) is 0 Å².